The molecule has 2 heterocycles. The second-order valence-electron chi connectivity index (χ2n) is 4.37. The molecule has 2 saturated heterocycles. The van der Waals surface area contributed by atoms with E-state index >= 15 is 0 Å². The summed E-state index contributed by atoms with van der Waals surface area (Å²) in [5, 5.41) is 14.9. The third-order valence-corrected chi connectivity index (χ3v) is 3.22. The Morgan fingerprint density at radius 1 is 1.50 bits per heavy atom. The fourth-order valence-electron chi connectivity index (χ4n) is 2.10. The van der Waals surface area contributed by atoms with Crippen LogP contribution in [0.15, 0.2) is 0 Å². The first kappa shape index (κ1) is 11.3. The number of carbonyl (C=O) groups is 2. The minimum atomic E-state index is -1.21. The highest BCUT2D eigenvalue weighted by Crippen LogP contribution is 2.20. The second kappa shape index (κ2) is 4.39. The lowest BCUT2D eigenvalue weighted by molar-refractivity contribution is -0.148. The number of hydrogen-bond acceptors (Lipinski definition) is 4. The summed E-state index contributed by atoms with van der Waals surface area (Å²) in [6, 6.07) is 0. The molecule has 0 radical (unpaired) electrons. The van der Waals surface area contributed by atoms with E-state index in [9.17, 15) is 9.59 Å². The number of hydrogen-bond donors (Lipinski definition) is 3. The van der Waals surface area contributed by atoms with E-state index in [-0.39, 0.29) is 18.4 Å². The van der Waals surface area contributed by atoms with Gasteiger partial charge in [0.25, 0.3) is 0 Å². The number of aliphatic carboxylic acids is 1. The molecule has 0 aliphatic carbocycles. The molecule has 2 atom stereocenters. The molecule has 0 aromatic rings. The Balaban J connectivity index is 2.00. The summed E-state index contributed by atoms with van der Waals surface area (Å²) in [5.74, 6) is -1.31. The van der Waals surface area contributed by atoms with Gasteiger partial charge in [0.05, 0.1) is 12.5 Å². The first-order chi connectivity index (χ1) is 7.64. The zero-order chi connectivity index (χ0) is 11.6. The van der Waals surface area contributed by atoms with Gasteiger partial charge in [-0.2, -0.15) is 0 Å². The zero-order valence-corrected chi connectivity index (χ0v) is 8.99. The maximum Gasteiger partial charge on any atom is 0.331 e. The van der Waals surface area contributed by atoms with Crippen molar-refractivity contribution < 1.29 is 19.4 Å². The van der Waals surface area contributed by atoms with E-state index in [1.165, 1.54) is 0 Å². The summed E-state index contributed by atoms with van der Waals surface area (Å²) in [4.78, 5) is 23.0. The molecule has 0 aromatic heterocycles. The van der Waals surface area contributed by atoms with Crippen molar-refractivity contribution >= 4 is 11.9 Å². The highest BCUT2D eigenvalue weighted by atomic mass is 16.5. The summed E-state index contributed by atoms with van der Waals surface area (Å²) < 4.78 is 5.07. The van der Waals surface area contributed by atoms with E-state index in [0.29, 0.717) is 19.6 Å². The molecule has 0 saturated carbocycles. The van der Waals surface area contributed by atoms with Crippen LogP contribution in [0.25, 0.3) is 0 Å². The maximum absolute atomic E-state index is 11.8. The molecule has 90 valence electrons. The van der Waals surface area contributed by atoms with Crippen LogP contribution in [-0.4, -0.2) is 48.8 Å². The first-order valence-electron chi connectivity index (χ1n) is 5.48. The van der Waals surface area contributed by atoms with Gasteiger partial charge in [-0.15, -0.1) is 0 Å². The molecule has 2 aliphatic heterocycles. The Kier molecular flexibility index (Phi) is 3.11. The Labute approximate surface area is 93.3 Å². The van der Waals surface area contributed by atoms with Gasteiger partial charge in [-0.25, -0.2) is 4.79 Å². The van der Waals surface area contributed by atoms with E-state index in [4.69, 9.17) is 9.84 Å². The number of amides is 1. The van der Waals surface area contributed by atoms with Gasteiger partial charge < -0.3 is 20.5 Å². The number of carbonyl (C=O) groups excluding carboxylic acids is 1. The molecule has 1 amide bonds. The number of ether oxygens (including phenoxy) is 1. The van der Waals surface area contributed by atoms with Crippen molar-refractivity contribution in [1.29, 1.82) is 0 Å². The van der Waals surface area contributed by atoms with Crippen LogP contribution in [-0.2, 0) is 14.3 Å². The molecular formula is C10H16N2O4. The van der Waals surface area contributed by atoms with Crippen molar-refractivity contribution in [3.8, 4) is 0 Å². The average Bonchev–Trinajstić information content (AvgIpc) is 2.88. The topological polar surface area (TPSA) is 87.7 Å². The predicted molar refractivity (Wildman–Crippen MR) is 54.9 cm³/mol. The molecule has 2 fully saturated rings. The maximum atomic E-state index is 11.8. The molecular weight excluding hydrogens is 212 g/mol. The molecule has 0 bridgehead atoms. The largest absolute Gasteiger partial charge is 0.479 e. The van der Waals surface area contributed by atoms with Gasteiger partial charge in [0.1, 0.15) is 0 Å². The summed E-state index contributed by atoms with van der Waals surface area (Å²) in [6.45, 7) is 1.89. The van der Waals surface area contributed by atoms with Crippen LogP contribution in [0, 0.1) is 5.92 Å². The molecule has 2 rings (SSSR count). The van der Waals surface area contributed by atoms with Gasteiger partial charge in [0, 0.05) is 19.6 Å². The predicted octanol–water partition coefficient (Wildman–Crippen LogP) is -1.04. The van der Waals surface area contributed by atoms with Gasteiger partial charge >= 0.3 is 5.97 Å². The molecule has 6 nitrogen and oxygen atoms in total. The highest BCUT2D eigenvalue weighted by Gasteiger charge is 2.45. The summed E-state index contributed by atoms with van der Waals surface area (Å²) >= 11 is 0. The quantitative estimate of drug-likeness (QED) is 0.574. The van der Waals surface area contributed by atoms with Crippen molar-refractivity contribution in [2.45, 2.75) is 18.4 Å². The average molecular weight is 228 g/mol. The van der Waals surface area contributed by atoms with Gasteiger partial charge in [-0.05, 0) is 13.0 Å². The SMILES string of the molecule is O=C(NC1(C(=O)O)CCOC1)C1CCNC1. The van der Waals surface area contributed by atoms with E-state index in [0.717, 1.165) is 13.0 Å². The van der Waals surface area contributed by atoms with Crippen LogP contribution < -0.4 is 10.6 Å². The highest BCUT2D eigenvalue weighted by molar-refractivity contribution is 5.88. The van der Waals surface area contributed by atoms with E-state index in [1.54, 1.807) is 0 Å². The van der Waals surface area contributed by atoms with E-state index in [2.05, 4.69) is 10.6 Å². The molecule has 3 N–H and O–H groups in total. The lowest BCUT2D eigenvalue weighted by Crippen LogP contribution is -2.56. The Morgan fingerprint density at radius 2 is 2.31 bits per heavy atom. The standard InChI is InChI=1S/C10H16N2O4/c13-8(7-1-3-11-5-7)12-10(9(14)15)2-4-16-6-10/h7,11H,1-6H2,(H,12,13)(H,14,15). The fourth-order valence-corrected chi connectivity index (χ4v) is 2.10. The van der Waals surface area contributed by atoms with Gasteiger partial charge in [-0.1, -0.05) is 0 Å². The molecule has 2 unspecified atom stereocenters. The van der Waals surface area contributed by atoms with Crippen LogP contribution in [0.2, 0.25) is 0 Å². The van der Waals surface area contributed by atoms with Crippen LogP contribution in [0.4, 0.5) is 0 Å². The van der Waals surface area contributed by atoms with Gasteiger partial charge in [0.15, 0.2) is 5.54 Å². The van der Waals surface area contributed by atoms with Crippen molar-refractivity contribution in [2.75, 3.05) is 26.3 Å². The molecule has 6 heteroatoms. The third kappa shape index (κ3) is 2.03. The second-order valence-corrected chi connectivity index (χ2v) is 4.37. The van der Waals surface area contributed by atoms with E-state index < -0.39 is 11.5 Å². The van der Waals surface area contributed by atoms with Crippen LogP contribution in [0.3, 0.4) is 0 Å². The van der Waals surface area contributed by atoms with Gasteiger partial charge in [-0.3, -0.25) is 4.79 Å². The van der Waals surface area contributed by atoms with Crippen molar-refractivity contribution in [1.82, 2.24) is 10.6 Å². The van der Waals surface area contributed by atoms with Crippen molar-refractivity contribution in [3.05, 3.63) is 0 Å². The fraction of sp³-hybridized carbons (Fsp3) is 0.800. The van der Waals surface area contributed by atoms with Crippen LogP contribution in [0.1, 0.15) is 12.8 Å². The molecule has 0 spiro atoms. The lowest BCUT2D eigenvalue weighted by atomic mass is 9.97. The molecule has 2 aliphatic rings. The first-order valence-corrected chi connectivity index (χ1v) is 5.48. The summed E-state index contributed by atoms with van der Waals surface area (Å²) in [6.07, 6.45) is 1.11. The minimum absolute atomic E-state index is 0.0637. The lowest BCUT2D eigenvalue weighted by Gasteiger charge is -2.25. The zero-order valence-electron chi connectivity index (χ0n) is 8.99. The van der Waals surface area contributed by atoms with Crippen molar-refractivity contribution in [2.24, 2.45) is 5.92 Å². The smallest absolute Gasteiger partial charge is 0.331 e. The Hall–Kier alpha value is -1.14. The van der Waals surface area contributed by atoms with Gasteiger partial charge in [0.2, 0.25) is 5.91 Å². The number of carboxylic acid groups (broad SMARTS) is 1. The Bertz CT molecular complexity index is 293. The van der Waals surface area contributed by atoms with Crippen LogP contribution in [0.5, 0.6) is 0 Å². The Morgan fingerprint density at radius 3 is 2.81 bits per heavy atom. The number of nitrogens with one attached hydrogen (secondary N) is 2. The molecule has 16 heavy (non-hydrogen) atoms. The minimum Gasteiger partial charge on any atom is -0.479 e. The monoisotopic (exact) mass is 228 g/mol. The van der Waals surface area contributed by atoms with E-state index in [1.807, 2.05) is 0 Å². The summed E-state index contributed by atoms with van der Waals surface area (Å²) in [5.41, 5.74) is -1.21. The number of carboxylic acids is 1. The van der Waals surface area contributed by atoms with Crippen LogP contribution >= 0.6 is 0 Å². The normalized spacial score (nSPS) is 33.9. The third-order valence-electron chi connectivity index (χ3n) is 3.22. The van der Waals surface area contributed by atoms with Crippen molar-refractivity contribution in [3.63, 3.8) is 0 Å². The molecule has 0 aromatic carbocycles. The summed E-state index contributed by atoms with van der Waals surface area (Å²) in [7, 11) is 0. The number of rotatable bonds is 3.